The lowest BCUT2D eigenvalue weighted by atomic mass is 10.2. The van der Waals surface area contributed by atoms with Crippen molar-refractivity contribution in [2.45, 2.75) is 29.7 Å². The average Bonchev–Trinajstić information content (AvgIpc) is 3.17. The van der Waals surface area contributed by atoms with Crippen LogP contribution in [0.1, 0.15) is 19.4 Å². The minimum atomic E-state index is -3.57. The van der Waals surface area contributed by atoms with Crippen LogP contribution in [-0.4, -0.2) is 36.0 Å². The van der Waals surface area contributed by atoms with Crippen LogP contribution in [0, 0.1) is 5.82 Å². The van der Waals surface area contributed by atoms with Crippen LogP contribution >= 0.6 is 11.8 Å². The fourth-order valence-corrected chi connectivity index (χ4v) is 4.84. The van der Waals surface area contributed by atoms with Crippen LogP contribution in [0.3, 0.4) is 0 Å². The first-order valence-corrected chi connectivity index (χ1v) is 11.2. The number of thioether (sulfide) groups is 1. The molecule has 0 aliphatic carbocycles. The zero-order valence-electron chi connectivity index (χ0n) is 15.5. The van der Waals surface area contributed by atoms with Gasteiger partial charge in [0.2, 0.25) is 15.9 Å². The molecule has 0 bridgehead atoms. The van der Waals surface area contributed by atoms with Gasteiger partial charge in [-0.05, 0) is 35.9 Å². The minimum Gasteiger partial charge on any atom is -0.411 e. The topological polar surface area (TPSA) is 76.3 Å². The number of halogens is 1. The van der Waals surface area contributed by atoms with Crippen LogP contribution in [0.2, 0.25) is 0 Å². The van der Waals surface area contributed by atoms with Gasteiger partial charge in [-0.1, -0.05) is 43.8 Å². The highest BCUT2D eigenvalue weighted by atomic mass is 32.2. The SMILES string of the molecule is CCN(CC)S(=O)(=O)c1cccc(-c2nnc(SCc3ccc(F)cc3)o2)c1. The van der Waals surface area contributed by atoms with Crippen molar-refractivity contribution in [1.82, 2.24) is 14.5 Å². The first-order valence-electron chi connectivity index (χ1n) is 8.75. The Bertz CT molecular complexity index is 1030. The van der Waals surface area contributed by atoms with Gasteiger partial charge in [0.05, 0.1) is 4.90 Å². The summed E-state index contributed by atoms with van der Waals surface area (Å²) in [7, 11) is -3.57. The number of aromatic nitrogens is 2. The summed E-state index contributed by atoms with van der Waals surface area (Å²) in [6, 6.07) is 12.7. The summed E-state index contributed by atoms with van der Waals surface area (Å²) >= 11 is 1.33. The van der Waals surface area contributed by atoms with E-state index in [0.29, 0.717) is 29.6 Å². The van der Waals surface area contributed by atoms with Crippen LogP contribution in [0.25, 0.3) is 11.5 Å². The quantitative estimate of drug-likeness (QED) is 0.508. The van der Waals surface area contributed by atoms with E-state index in [1.54, 1.807) is 44.2 Å². The van der Waals surface area contributed by atoms with Gasteiger partial charge in [-0.25, -0.2) is 12.8 Å². The summed E-state index contributed by atoms with van der Waals surface area (Å²) in [6.45, 7) is 4.39. The Labute approximate surface area is 167 Å². The summed E-state index contributed by atoms with van der Waals surface area (Å²) in [5.74, 6) is 0.518. The van der Waals surface area contributed by atoms with Gasteiger partial charge in [-0.3, -0.25) is 0 Å². The van der Waals surface area contributed by atoms with Crippen molar-refractivity contribution in [3.63, 3.8) is 0 Å². The lowest BCUT2D eigenvalue weighted by molar-refractivity contribution is 0.445. The van der Waals surface area contributed by atoms with E-state index < -0.39 is 10.0 Å². The normalized spacial score (nSPS) is 11.9. The summed E-state index contributed by atoms with van der Waals surface area (Å²) in [6.07, 6.45) is 0. The van der Waals surface area contributed by atoms with E-state index in [0.717, 1.165) is 5.56 Å². The Kier molecular flexibility index (Phi) is 6.48. The van der Waals surface area contributed by atoms with E-state index in [2.05, 4.69) is 10.2 Å². The van der Waals surface area contributed by atoms with Crippen molar-refractivity contribution >= 4 is 21.8 Å². The highest BCUT2D eigenvalue weighted by Crippen LogP contribution is 2.27. The van der Waals surface area contributed by atoms with Gasteiger partial charge in [-0.2, -0.15) is 4.31 Å². The van der Waals surface area contributed by atoms with Crippen molar-refractivity contribution in [1.29, 1.82) is 0 Å². The lowest BCUT2D eigenvalue weighted by Crippen LogP contribution is -2.30. The summed E-state index contributed by atoms with van der Waals surface area (Å²) < 4.78 is 45.4. The third-order valence-corrected chi connectivity index (χ3v) is 7.04. The molecule has 0 aliphatic rings. The standard InChI is InChI=1S/C19H20FN3O3S2/c1-3-23(4-2)28(24,25)17-7-5-6-15(12-17)18-21-22-19(26-18)27-13-14-8-10-16(20)11-9-14/h5-12H,3-4,13H2,1-2H3. The zero-order valence-corrected chi connectivity index (χ0v) is 17.1. The number of nitrogens with zero attached hydrogens (tertiary/aromatic N) is 3. The van der Waals surface area contributed by atoms with Gasteiger partial charge in [-0.15, -0.1) is 10.2 Å². The number of hydrogen-bond acceptors (Lipinski definition) is 6. The number of sulfonamides is 1. The van der Waals surface area contributed by atoms with Gasteiger partial charge >= 0.3 is 0 Å². The smallest absolute Gasteiger partial charge is 0.277 e. The average molecular weight is 422 g/mol. The van der Waals surface area contributed by atoms with Crippen LogP contribution in [0.15, 0.2) is 63.1 Å². The maximum absolute atomic E-state index is 13.0. The van der Waals surface area contributed by atoms with Gasteiger partial charge in [0.25, 0.3) is 5.22 Å². The Morgan fingerprint density at radius 3 is 2.46 bits per heavy atom. The van der Waals surface area contributed by atoms with Gasteiger partial charge in [0.1, 0.15) is 5.82 Å². The van der Waals surface area contributed by atoms with Crippen LogP contribution < -0.4 is 0 Å². The molecule has 3 rings (SSSR count). The summed E-state index contributed by atoms with van der Waals surface area (Å²) in [4.78, 5) is 0.187. The molecular weight excluding hydrogens is 401 g/mol. The molecule has 2 aromatic carbocycles. The molecule has 0 fully saturated rings. The lowest BCUT2D eigenvalue weighted by Gasteiger charge is -2.18. The van der Waals surface area contributed by atoms with E-state index in [4.69, 9.17) is 4.42 Å². The van der Waals surface area contributed by atoms with E-state index in [1.807, 2.05) is 0 Å². The van der Waals surface area contributed by atoms with E-state index >= 15 is 0 Å². The molecule has 0 saturated carbocycles. The minimum absolute atomic E-state index is 0.187. The third-order valence-electron chi connectivity index (χ3n) is 4.11. The Morgan fingerprint density at radius 1 is 1.07 bits per heavy atom. The summed E-state index contributed by atoms with van der Waals surface area (Å²) in [5.41, 5.74) is 1.47. The molecule has 3 aromatic rings. The van der Waals surface area contributed by atoms with Crippen LogP contribution in [0.5, 0.6) is 0 Å². The number of hydrogen-bond donors (Lipinski definition) is 0. The van der Waals surface area contributed by atoms with E-state index in [1.165, 1.54) is 34.3 Å². The first kappa shape index (κ1) is 20.5. The van der Waals surface area contributed by atoms with Crippen LogP contribution in [0.4, 0.5) is 4.39 Å². The molecule has 6 nitrogen and oxygen atoms in total. The fraction of sp³-hybridized carbons (Fsp3) is 0.263. The van der Waals surface area contributed by atoms with Crippen molar-refractivity contribution in [3.8, 4) is 11.5 Å². The molecule has 1 aromatic heterocycles. The van der Waals surface area contributed by atoms with Gasteiger partial charge < -0.3 is 4.42 Å². The molecule has 9 heteroatoms. The van der Waals surface area contributed by atoms with Crippen molar-refractivity contribution in [3.05, 3.63) is 59.9 Å². The van der Waals surface area contributed by atoms with Gasteiger partial charge in [0.15, 0.2) is 0 Å². The highest BCUT2D eigenvalue weighted by Gasteiger charge is 2.22. The molecule has 0 amide bonds. The molecule has 0 saturated heterocycles. The molecule has 0 unspecified atom stereocenters. The second kappa shape index (κ2) is 8.85. The molecule has 0 spiro atoms. The monoisotopic (exact) mass is 421 g/mol. The molecule has 28 heavy (non-hydrogen) atoms. The maximum atomic E-state index is 13.0. The first-order chi connectivity index (χ1) is 13.4. The second-order valence-electron chi connectivity index (χ2n) is 5.91. The Balaban J connectivity index is 1.77. The van der Waals surface area contributed by atoms with Crippen molar-refractivity contribution < 1.29 is 17.2 Å². The zero-order chi connectivity index (χ0) is 20.1. The molecule has 0 aliphatic heterocycles. The molecule has 148 valence electrons. The fourth-order valence-electron chi connectivity index (χ4n) is 2.61. The Morgan fingerprint density at radius 2 is 1.79 bits per heavy atom. The largest absolute Gasteiger partial charge is 0.411 e. The molecule has 0 atom stereocenters. The predicted octanol–water partition coefficient (Wildman–Crippen LogP) is 4.20. The van der Waals surface area contributed by atoms with Crippen molar-refractivity contribution in [2.24, 2.45) is 0 Å². The third kappa shape index (κ3) is 4.60. The number of rotatable bonds is 8. The second-order valence-corrected chi connectivity index (χ2v) is 8.77. The molecule has 0 N–H and O–H groups in total. The van der Waals surface area contributed by atoms with Crippen molar-refractivity contribution in [2.75, 3.05) is 13.1 Å². The van der Waals surface area contributed by atoms with E-state index in [-0.39, 0.29) is 16.6 Å². The number of benzene rings is 2. The van der Waals surface area contributed by atoms with Crippen LogP contribution in [-0.2, 0) is 15.8 Å². The predicted molar refractivity (Wildman–Crippen MR) is 106 cm³/mol. The van der Waals surface area contributed by atoms with Gasteiger partial charge in [0, 0.05) is 24.4 Å². The molecular formula is C19H20FN3O3S2. The maximum Gasteiger partial charge on any atom is 0.277 e. The molecule has 0 radical (unpaired) electrons. The molecule has 1 heterocycles. The summed E-state index contributed by atoms with van der Waals surface area (Å²) in [5, 5.41) is 8.37. The highest BCUT2D eigenvalue weighted by molar-refractivity contribution is 7.98. The van der Waals surface area contributed by atoms with E-state index in [9.17, 15) is 12.8 Å². The Hall–Kier alpha value is -2.23.